The molecule has 1 aromatic carbocycles. The van der Waals surface area contributed by atoms with Crippen LogP contribution in [0.3, 0.4) is 0 Å². The molecule has 0 saturated heterocycles. The second kappa shape index (κ2) is 8.20. The van der Waals surface area contributed by atoms with Crippen LogP contribution in [0.25, 0.3) is 0 Å². The fraction of sp³-hybridized carbons (Fsp3) is 0.600. The Balaban J connectivity index is 2.64. The van der Waals surface area contributed by atoms with Crippen molar-refractivity contribution in [2.45, 2.75) is 52.0 Å². The fourth-order valence-electron chi connectivity index (χ4n) is 2.18. The zero-order valence-corrected chi connectivity index (χ0v) is 11.3. The summed E-state index contributed by atoms with van der Waals surface area (Å²) in [6.45, 7) is 5.00. The summed E-state index contributed by atoms with van der Waals surface area (Å²) < 4.78 is 27.1. The first-order valence-electron chi connectivity index (χ1n) is 6.85. The van der Waals surface area contributed by atoms with E-state index < -0.39 is 11.6 Å². The number of hydrogen-bond acceptors (Lipinski definition) is 1. The minimum atomic E-state index is -0.437. The Bertz CT molecular complexity index is 332. The van der Waals surface area contributed by atoms with Crippen LogP contribution in [-0.4, -0.2) is 12.6 Å². The van der Waals surface area contributed by atoms with Gasteiger partial charge >= 0.3 is 0 Å². The van der Waals surface area contributed by atoms with E-state index in [2.05, 4.69) is 12.2 Å². The highest BCUT2D eigenvalue weighted by molar-refractivity contribution is 5.20. The number of unbranched alkanes of at least 4 members (excludes halogenated alkanes) is 2. The van der Waals surface area contributed by atoms with Gasteiger partial charge in [-0.25, -0.2) is 8.78 Å². The first-order valence-corrected chi connectivity index (χ1v) is 6.85. The number of benzene rings is 1. The summed E-state index contributed by atoms with van der Waals surface area (Å²) in [5.41, 5.74) is 0.208. The molecule has 1 unspecified atom stereocenters. The van der Waals surface area contributed by atoms with Crippen LogP contribution in [0, 0.1) is 11.6 Å². The maximum absolute atomic E-state index is 13.6. The predicted octanol–water partition coefficient (Wildman–Crippen LogP) is 4.07. The SMILES string of the molecule is CCCCCC(Cc1c(F)cccc1F)NCC. The lowest BCUT2D eigenvalue weighted by Gasteiger charge is -2.18. The molecule has 0 aromatic heterocycles. The maximum atomic E-state index is 13.6. The van der Waals surface area contributed by atoms with Gasteiger partial charge in [-0.1, -0.05) is 39.2 Å². The van der Waals surface area contributed by atoms with Gasteiger partial charge in [0.05, 0.1) is 0 Å². The average molecular weight is 255 g/mol. The van der Waals surface area contributed by atoms with E-state index in [4.69, 9.17) is 0 Å². The van der Waals surface area contributed by atoms with E-state index in [-0.39, 0.29) is 11.6 Å². The van der Waals surface area contributed by atoms with E-state index >= 15 is 0 Å². The van der Waals surface area contributed by atoms with Crippen molar-refractivity contribution in [2.24, 2.45) is 0 Å². The third-order valence-corrected chi connectivity index (χ3v) is 3.16. The molecule has 0 aliphatic rings. The number of nitrogens with one attached hydrogen (secondary N) is 1. The molecule has 18 heavy (non-hydrogen) atoms. The summed E-state index contributed by atoms with van der Waals surface area (Å²) in [6, 6.07) is 4.22. The quantitative estimate of drug-likeness (QED) is 0.691. The van der Waals surface area contributed by atoms with E-state index in [0.717, 1.165) is 25.8 Å². The second-order valence-corrected chi connectivity index (χ2v) is 4.65. The van der Waals surface area contributed by atoms with Gasteiger partial charge in [0.15, 0.2) is 0 Å². The Morgan fingerprint density at radius 1 is 1.11 bits per heavy atom. The van der Waals surface area contributed by atoms with Crippen LogP contribution in [-0.2, 0) is 6.42 Å². The van der Waals surface area contributed by atoms with Crippen LogP contribution in [0.1, 0.15) is 45.1 Å². The summed E-state index contributed by atoms with van der Waals surface area (Å²) in [6.07, 6.45) is 4.82. The van der Waals surface area contributed by atoms with E-state index in [1.54, 1.807) is 0 Å². The van der Waals surface area contributed by atoms with Crippen molar-refractivity contribution in [1.82, 2.24) is 5.32 Å². The zero-order chi connectivity index (χ0) is 13.4. The molecule has 1 rings (SSSR count). The Labute approximate surface area is 109 Å². The summed E-state index contributed by atoms with van der Waals surface area (Å²) in [7, 11) is 0. The lowest BCUT2D eigenvalue weighted by molar-refractivity contribution is 0.447. The largest absolute Gasteiger partial charge is 0.314 e. The minimum Gasteiger partial charge on any atom is -0.314 e. The molecule has 102 valence electrons. The van der Waals surface area contributed by atoms with Crippen LogP contribution in [0.4, 0.5) is 8.78 Å². The van der Waals surface area contributed by atoms with E-state index in [0.29, 0.717) is 6.42 Å². The van der Waals surface area contributed by atoms with Gasteiger partial charge in [0.25, 0.3) is 0 Å². The molecule has 1 aromatic rings. The van der Waals surface area contributed by atoms with Crippen LogP contribution in [0.5, 0.6) is 0 Å². The van der Waals surface area contributed by atoms with Crippen molar-refractivity contribution in [1.29, 1.82) is 0 Å². The van der Waals surface area contributed by atoms with Gasteiger partial charge in [0.1, 0.15) is 11.6 Å². The third kappa shape index (κ3) is 4.73. The molecular formula is C15H23F2N. The molecule has 0 radical (unpaired) electrons. The molecule has 1 nitrogen and oxygen atoms in total. The second-order valence-electron chi connectivity index (χ2n) is 4.65. The highest BCUT2D eigenvalue weighted by Crippen LogP contribution is 2.16. The molecule has 0 aliphatic heterocycles. The predicted molar refractivity (Wildman–Crippen MR) is 71.7 cm³/mol. The van der Waals surface area contributed by atoms with E-state index in [9.17, 15) is 8.78 Å². The van der Waals surface area contributed by atoms with Crippen molar-refractivity contribution in [2.75, 3.05) is 6.54 Å². The monoisotopic (exact) mass is 255 g/mol. The topological polar surface area (TPSA) is 12.0 Å². The minimum absolute atomic E-state index is 0.160. The molecule has 0 spiro atoms. The maximum Gasteiger partial charge on any atom is 0.129 e. The van der Waals surface area contributed by atoms with Crippen LogP contribution in [0.15, 0.2) is 18.2 Å². The molecule has 0 saturated carbocycles. The molecule has 0 amide bonds. The molecule has 3 heteroatoms. The summed E-state index contributed by atoms with van der Waals surface area (Å²) in [5, 5.41) is 3.31. The van der Waals surface area contributed by atoms with Gasteiger partial charge in [-0.05, 0) is 31.5 Å². The van der Waals surface area contributed by atoms with Crippen molar-refractivity contribution in [3.8, 4) is 0 Å². The summed E-state index contributed by atoms with van der Waals surface area (Å²) in [5.74, 6) is -0.873. The number of hydrogen-bond donors (Lipinski definition) is 1. The first kappa shape index (κ1) is 15.1. The Kier molecular flexibility index (Phi) is 6.88. The third-order valence-electron chi connectivity index (χ3n) is 3.16. The first-order chi connectivity index (χ1) is 8.69. The Hall–Kier alpha value is -0.960. The highest BCUT2D eigenvalue weighted by Gasteiger charge is 2.14. The van der Waals surface area contributed by atoms with Crippen LogP contribution in [0.2, 0.25) is 0 Å². The lowest BCUT2D eigenvalue weighted by Crippen LogP contribution is -2.31. The van der Waals surface area contributed by atoms with E-state index in [1.165, 1.54) is 24.6 Å². The fourth-order valence-corrected chi connectivity index (χ4v) is 2.18. The molecule has 0 heterocycles. The van der Waals surface area contributed by atoms with Crippen molar-refractivity contribution in [3.63, 3.8) is 0 Å². The molecule has 0 bridgehead atoms. The summed E-state index contributed by atoms with van der Waals surface area (Å²) >= 11 is 0. The molecule has 0 fully saturated rings. The zero-order valence-electron chi connectivity index (χ0n) is 11.3. The normalized spacial score (nSPS) is 12.7. The van der Waals surface area contributed by atoms with E-state index in [1.807, 2.05) is 6.92 Å². The molecule has 1 N–H and O–H groups in total. The molecule has 1 atom stereocenters. The van der Waals surface area contributed by atoms with Crippen LogP contribution < -0.4 is 5.32 Å². The average Bonchev–Trinajstić information content (AvgIpc) is 2.34. The van der Waals surface area contributed by atoms with Crippen molar-refractivity contribution >= 4 is 0 Å². The number of likely N-dealkylation sites (N-methyl/N-ethyl adjacent to an activating group) is 1. The van der Waals surface area contributed by atoms with Gasteiger partial charge in [0, 0.05) is 11.6 Å². The van der Waals surface area contributed by atoms with Gasteiger partial charge in [0.2, 0.25) is 0 Å². The molecular weight excluding hydrogens is 232 g/mol. The lowest BCUT2D eigenvalue weighted by atomic mass is 9.99. The van der Waals surface area contributed by atoms with Crippen molar-refractivity contribution in [3.05, 3.63) is 35.4 Å². The summed E-state index contributed by atoms with van der Waals surface area (Å²) in [4.78, 5) is 0. The Morgan fingerprint density at radius 3 is 2.33 bits per heavy atom. The Morgan fingerprint density at radius 2 is 1.78 bits per heavy atom. The highest BCUT2D eigenvalue weighted by atomic mass is 19.1. The van der Waals surface area contributed by atoms with Gasteiger partial charge in [-0.3, -0.25) is 0 Å². The van der Waals surface area contributed by atoms with Gasteiger partial charge in [-0.2, -0.15) is 0 Å². The van der Waals surface area contributed by atoms with Crippen LogP contribution >= 0.6 is 0 Å². The number of halogens is 2. The molecule has 0 aliphatic carbocycles. The smallest absolute Gasteiger partial charge is 0.129 e. The standard InChI is InChI=1S/C15H23F2N/c1-3-5-6-8-12(18-4-2)11-13-14(16)9-7-10-15(13)17/h7,9-10,12,18H,3-6,8,11H2,1-2H3. The van der Waals surface area contributed by atoms with Crippen molar-refractivity contribution < 1.29 is 8.78 Å². The van der Waals surface area contributed by atoms with Gasteiger partial charge in [-0.15, -0.1) is 0 Å². The van der Waals surface area contributed by atoms with Gasteiger partial charge < -0.3 is 5.32 Å². The number of rotatable bonds is 8.